The Bertz CT molecular complexity index is 870. The van der Waals surface area contributed by atoms with E-state index in [2.05, 4.69) is 27.3 Å². The van der Waals surface area contributed by atoms with Crippen LogP contribution in [0.15, 0.2) is 36.7 Å². The van der Waals surface area contributed by atoms with E-state index in [1.807, 2.05) is 32.0 Å². The molecule has 0 amide bonds. The zero-order valence-corrected chi connectivity index (χ0v) is 12.6. The molecule has 0 spiro atoms. The number of rotatable bonds is 3. The van der Waals surface area contributed by atoms with E-state index in [9.17, 15) is 5.26 Å². The number of nitrogens with one attached hydrogen (secondary N) is 1. The average molecular weight is 291 g/mol. The van der Waals surface area contributed by atoms with Crippen LogP contribution in [0, 0.1) is 11.3 Å². The maximum Gasteiger partial charge on any atom is 0.155 e. The van der Waals surface area contributed by atoms with Crippen molar-refractivity contribution in [1.82, 2.24) is 15.2 Å². The number of H-pyrrole nitrogens is 1. The Morgan fingerprint density at radius 1 is 1.32 bits per heavy atom. The Labute approximate surface area is 128 Å². The lowest BCUT2D eigenvalue weighted by atomic mass is 9.83. The van der Waals surface area contributed by atoms with E-state index in [1.54, 1.807) is 12.4 Å². The number of aromatic amines is 1. The van der Waals surface area contributed by atoms with Crippen LogP contribution >= 0.6 is 0 Å². The topological polar surface area (TPSA) is 91.4 Å². The highest BCUT2D eigenvalue weighted by Gasteiger charge is 2.21. The molecule has 1 aromatic carbocycles. The molecule has 5 heteroatoms. The predicted molar refractivity (Wildman–Crippen MR) is 85.9 cm³/mol. The highest BCUT2D eigenvalue weighted by Crippen LogP contribution is 2.32. The van der Waals surface area contributed by atoms with E-state index in [0.29, 0.717) is 6.54 Å². The molecule has 3 rings (SSSR count). The van der Waals surface area contributed by atoms with Crippen molar-refractivity contribution in [1.29, 1.82) is 5.26 Å². The van der Waals surface area contributed by atoms with Gasteiger partial charge in [0.1, 0.15) is 0 Å². The van der Waals surface area contributed by atoms with Gasteiger partial charge in [-0.3, -0.25) is 5.10 Å². The summed E-state index contributed by atoms with van der Waals surface area (Å²) in [7, 11) is 0. The van der Waals surface area contributed by atoms with E-state index in [0.717, 1.165) is 33.3 Å². The van der Waals surface area contributed by atoms with Gasteiger partial charge >= 0.3 is 0 Å². The van der Waals surface area contributed by atoms with Gasteiger partial charge in [-0.15, -0.1) is 0 Å². The predicted octanol–water partition coefficient (Wildman–Crippen LogP) is 2.88. The van der Waals surface area contributed by atoms with Crippen LogP contribution in [0.2, 0.25) is 0 Å². The van der Waals surface area contributed by atoms with Crippen LogP contribution in [0.4, 0.5) is 0 Å². The SMILES string of the molecule is CC(C)(C#N)c1cc(CN)cc(-c2ccnc3[nH]ncc23)c1. The highest BCUT2D eigenvalue weighted by atomic mass is 15.1. The molecule has 0 bridgehead atoms. The third kappa shape index (κ3) is 2.34. The van der Waals surface area contributed by atoms with Crippen molar-refractivity contribution in [3.8, 4) is 17.2 Å². The van der Waals surface area contributed by atoms with E-state index in [4.69, 9.17) is 5.73 Å². The Morgan fingerprint density at radius 2 is 2.14 bits per heavy atom. The van der Waals surface area contributed by atoms with Gasteiger partial charge in [-0.1, -0.05) is 6.07 Å². The molecule has 0 unspecified atom stereocenters. The summed E-state index contributed by atoms with van der Waals surface area (Å²) in [5, 5.41) is 17.3. The third-order valence-electron chi connectivity index (χ3n) is 3.89. The van der Waals surface area contributed by atoms with Crippen LogP contribution in [0.1, 0.15) is 25.0 Å². The number of hydrogen-bond donors (Lipinski definition) is 2. The van der Waals surface area contributed by atoms with Crippen LogP contribution in [0.5, 0.6) is 0 Å². The van der Waals surface area contributed by atoms with Crippen molar-refractivity contribution in [3.05, 3.63) is 47.8 Å². The van der Waals surface area contributed by atoms with Gasteiger partial charge in [-0.05, 0) is 54.3 Å². The van der Waals surface area contributed by atoms with Crippen LogP contribution in [-0.4, -0.2) is 15.2 Å². The molecule has 22 heavy (non-hydrogen) atoms. The number of nitrogens with zero attached hydrogens (tertiary/aromatic N) is 3. The summed E-state index contributed by atoms with van der Waals surface area (Å²) in [6.45, 7) is 4.25. The second-order valence-corrected chi connectivity index (χ2v) is 5.85. The number of pyridine rings is 1. The van der Waals surface area contributed by atoms with Crippen LogP contribution in [0.25, 0.3) is 22.2 Å². The average Bonchev–Trinajstić information content (AvgIpc) is 3.02. The van der Waals surface area contributed by atoms with E-state index in [1.165, 1.54) is 0 Å². The molecule has 0 aliphatic rings. The summed E-state index contributed by atoms with van der Waals surface area (Å²) >= 11 is 0. The number of hydrogen-bond acceptors (Lipinski definition) is 4. The Kier molecular flexibility index (Phi) is 3.39. The number of benzene rings is 1. The van der Waals surface area contributed by atoms with E-state index >= 15 is 0 Å². The van der Waals surface area contributed by atoms with Gasteiger partial charge in [0.25, 0.3) is 0 Å². The largest absolute Gasteiger partial charge is 0.326 e. The van der Waals surface area contributed by atoms with E-state index < -0.39 is 5.41 Å². The monoisotopic (exact) mass is 291 g/mol. The first kappa shape index (κ1) is 14.2. The second kappa shape index (κ2) is 5.24. The summed E-state index contributed by atoms with van der Waals surface area (Å²) in [6.07, 6.45) is 3.52. The third-order valence-corrected chi connectivity index (χ3v) is 3.89. The summed E-state index contributed by atoms with van der Waals surface area (Å²) in [4.78, 5) is 4.26. The molecular weight excluding hydrogens is 274 g/mol. The minimum absolute atomic E-state index is 0.433. The molecule has 0 saturated heterocycles. The molecule has 110 valence electrons. The molecule has 2 aromatic heterocycles. The lowest BCUT2D eigenvalue weighted by molar-refractivity contribution is 0.685. The fraction of sp³-hybridized carbons (Fsp3) is 0.235. The van der Waals surface area contributed by atoms with Crippen LogP contribution in [0.3, 0.4) is 0 Å². The van der Waals surface area contributed by atoms with Gasteiger partial charge in [-0.2, -0.15) is 10.4 Å². The zero-order valence-electron chi connectivity index (χ0n) is 12.6. The highest BCUT2D eigenvalue weighted by molar-refractivity contribution is 5.92. The van der Waals surface area contributed by atoms with Crippen molar-refractivity contribution >= 4 is 11.0 Å². The van der Waals surface area contributed by atoms with Gasteiger partial charge in [0, 0.05) is 18.1 Å². The molecule has 3 aromatic rings. The van der Waals surface area contributed by atoms with Crippen molar-refractivity contribution in [2.45, 2.75) is 25.8 Å². The molecular formula is C17H17N5. The fourth-order valence-electron chi connectivity index (χ4n) is 2.49. The van der Waals surface area contributed by atoms with Gasteiger partial charge in [0.05, 0.1) is 17.7 Å². The molecule has 0 atom stereocenters. The van der Waals surface area contributed by atoms with Crippen molar-refractivity contribution in [3.63, 3.8) is 0 Å². The minimum atomic E-state index is -0.567. The first-order chi connectivity index (χ1) is 10.5. The summed E-state index contributed by atoms with van der Waals surface area (Å²) in [5.74, 6) is 0. The first-order valence-electron chi connectivity index (χ1n) is 7.09. The van der Waals surface area contributed by atoms with Gasteiger partial charge in [-0.25, -0.2) is 4.98 Å². The smallest absolute Gasteiger partial charge is 0.155 e. The minimum Gasteiger partial charge on any atom is -0.326 e. The number of nitriles is 1. The Balaban J connectivity index is 2.25. The molecule has 5 nitrogen and oxygen atoms in total. The Hall–Kier alpha value is -2.71. The summed E-state index contributed by atoms with van der Waals surface area (Å²) < 4.78 is 0. The summed E-state index contributed by atoms with van der Waals surface area (Å²) in [6, 6.07) is 10.4. The molecule has 0 fully saturated rings. The Morgan fingerprint density at radius 3 is 2.86 bits per heavy atom. The van der Waals surface area contributed by atoms with Crippen molar-refractivity contribution < 1.29 is 0 Å². The zero-order chi connectivity index (χ0) is 15.7. The number of aromatic nitrogens is 3. The standard InChI is InChI=1S/C17H17N5/c1-17(2,10-19)13-6-11(8-18)5-12(7-13)14-3-4-20-16-15(14)9-21-22-16/h3-7,9H,8,18H2,1-2H3,(H,20,21,22). The van der Waals surface area contributed by atoms with E-state index in [-0.39, 0.29) is 0 Å². The normalized spacial score (nSPS) is 11.5. The lowest BCUT2D eigenvalue weighted by Crippen LogP contribution is -2.15. The fourth-order valence-corrected chi connectivity index (χ4v) is 2.49. The molecule has 3 N–H and O–H groups in total. The van der Waals surface area contributed by atoms with Crippen molar-refractivity contribution in [2.24, 2.45) is 5.73 Å². The molecule has 0 aliphatic carbocycles. The molecule has 0 radical (unpaired) electrons. The van der Waals surface area contributed by atoms with Gasteiger partial charge in [0.2, 0.25) is 0 Å². The lowest BCUT2D eigenvalue weighted by Gasteiger charge is -2.18. The van der Waals surface area contributed by atoms with Crippen LogP contribution in [-0.2, 0) is 12.0 Å². The molecule has 2 heterocycles. The second-order valence-electron chi connectivity index (χ2n) is 5.85. The quantitative estimate of drug-likeness (QED) is 0.776. The number of fused-ring (bicyclic) bond motifs is 1. The summed E-state index contributed by atoms with van der Waals surface area (Å²) in [5.41, 5.74) is 10.0. The maximum atomic E-state index is 9.40. The van der Waals surface area contributed by atoms with Crippen molar-refractivity contribution in [2.75, 3.05) is 0 Å². The number of nitrogens with two attached hydrogens (primary N) is 1. The molecule has 0 aliphatic heterocycles. The maximum absolute atomic E-state index is 9.40. The van der Waals surface area contributed by atoms with Crippen LogP contribution < -0.4 is 5.73 Å². The van der Waals surface area contributed by atoms with Gasteiger partial charge in [0.15, 0.2) is 5.65 Å². The molecule has 0 saturated carbocycles. The van der Waals surface area contributed by atoms with Gasteiger partial charge < -0.3 is 5.73 Å². The first-order valence-corrected chi connectivity index (χ1v) is 7.09.